The number of nitrogens with one attached hydrogen (secondary N) is 1. The SMILES string of the molecule is CC1CN(c2ccc(C(F)(F)F)cn2)CC(C)N1. The molecule has 1 aromatic heterocycles. The van der Waals surface area contributed by atoms with Crippen LogP contribution >= 0.6 is 0 Å². The van der Waals surface area contributed by atoms with Crippen LogP contribution in [0.2, 0.25) is 0 Å². The number of pyridine rings is 1. The third-order valence-electron chi connectivity index (χ3n) is 2.96. The number of hydrogen-bond donors (Lipinski definition) is 1. The highest BCUT2D eigenvalue weighted by atomic mass is 19.4. The first-order chi connectivity index (χ1) is 8.36. The molecule has 0 spiro atoms. The molecule has 2 rings (SSSR count). The first kappa shape index (κ1) is 13.1. The summed E-state index contributed by atoms with van der Waals surface area (Å²) in [6.45, 7) is 5.60. The third kappa shape index (κ3) is 2.93. The van der Waals surface area contributed by atoms with Gasteiger partial charge < -0.3 is 10.2 Å². The fourth-order valence-electron chi connectivity index (χ4n) is 2.25. The maximum absolute atomic E-state index is 12.4. The van der Waals surface area contributed by atoms with E-state index in [0.717, 1.165) is 25.4 Å². The number of anilines is 1. The highest BCUT2D eigenvalue weighted by Crippen LogP contribution is 2.29. The summed E-state index contributed by atoms with van der Waals surface area (Å²) in [5.74, 6) is 0.600. The molecule has 1 aliphatic rings. The van der Waals surface area contributed by atoms with E-state index in [1.165, 1.54) is 6.07 Å². The van der Waals surface area contributed by atoms with E-state index in [2.05, 4.69) is 10.3 Å². The molecule has 0 aliphatic carbocycles. The average molecular weight is 259 g/mol. The minimum Gasteiger partial charge on any atom is -0.354 e. The molecule has 18 heavy (non-hydrogen) atoms. The number of alkyl halides is 3. The average Bonchev–Trinajstić information content (AvgIpc) is 2.27. The Morgan fingerprint density at radius 3 is 2.28 bits per heavy atom. The van der Waals surface area contributed by atoms with Crippen molar-refractivity contribution in [2.45, 2.75) is 32.1 Å². The Morgan fingerprint density at radius 2 is 1.83 bits per heavy atom. The van der Waals surface area contributed by atoms with Crippen LogP contribution in [-0.2, 0) is 6.18 Å². The van der Waals surface area contributed by atoms with Crippen molar-refractivity contribution in [3.05, 3.63) is 23.9 Å². The summed E-state index contributed by atoms with van der Waals surface area (Å²) >= 11 is 0. The van der Waals surface area contributed by atoms with Gasteiger partial charge in [-0.2, -0.15) is 13.2 Å². The van der Waals surface area contributed by atoms with E-state index >= 15 is 0 Å². The predicted molar refractivity (Wildman–Crippen MR) is 63.5 cm³/mol. The predicted octanol–water partition coefficient (Wildman–Crippen LogP) is 2.29. The Labute approximate surface area is 104 Å². The minimum atomic E-state index is -4.32. The Bertz CT molecular complexity index is 392. The molecule has 1 aliphatic heterocycles. The first-order valence-corrected chi connectivity index (χ1v) is 5.90. The molecule has 1 saturated heterocycles. The van der Waals surface area contributed by atoms with Crippen LogP contribution in [0.15, 0.2) is 18.3 Å². The van der Waals surface area contributed by atoms with E-state index in [1.807, 2.05) is 18.7 Å². The molecule has 3 nitrogen and oxygen atoms in total. The van der Waals surface area contributed by atoms with Crippen molar-refractivity contribution in [1.29, 1.82) is 0 Å². The molecule has 0 saturated carbocycles. The van der Waals surface area contributed by atoms with Crippen molar-refractivity contribution >= 4 is 5.82 Å². The van der Waals surface area contributed by atoms with Crippen LogP contribution in [0.25, 0.3) is 0 Å². The zero-order chi connectivity index (χ0) is 13.3. The number of hydrogen-bond acceptors (Lipinski definition) is 3. The van der Waals surface area contributed by atoms with Crippen LogP contribution < -0.4 is 10.2 Å². The monoisotopic (exact) mass is 259 g/mol. The highest BCUT2D eigenvalue weighted by molar-refractivity contribution is 5.41. The maximum Gasteiger partial charge on any atom is 0.417 e. The van der Waals surface area contributed by atoms with Gasteiger partial charge in [-0.1, -0.05) is 0 Å². The molecule has 0 aromatic carbocycles. The fraction of sp³-hybridized carbons (Fsp3) is 0.583. The first-order valence-electron chi connectivity index (χ1n) is 5.90. The number of rotatable bonds is 1. The van der Waals surface area contributed by atoms with Crippen LogP contribution in [0.4, 0.5) is 19.0 Å². The van der Waals surface area contributed by atoms with E-state index in [-0.39, 0.29) is 0 Å². The van der Waals surface area contributed by atoms with Gasteiger partial charge in [-0.15, -0.1) is 0 Å². The van der Waals surface area contributed by atoms with Crippen LogP contribution in [-0.4, -0.2) is 30.2 Å². The lowest BCUT2D eigenvalue weighted by Crippen LogP contribution is -2.54. The molecule has 6 heteroatoms. The van der Waals surface area contributed by atoms with Gasteiger partial charge in [0.15, 0.2) is 0 Å². The number of piperazine rings is 1. The van der Waals surface area contributed by atoms with Gasteiger partial charge in [-0.05, 0) is 26.0 Å². The molecule has 2 atom stereocenters. The smallest absolute Gasteiger partial charge is 0.354 e. The standard InChI is InChI=1S/C12H16F3N3/c1-8-6-18(7-9(2)17-8)11-4-3-10(5-16-11)12(13,14)15/h3-5,8-9,17H,6-7H2,1-2H3. The number of aromatic nitrogens is 1. The lowest BCUT2D eigenvalue weighted by atomic mass is 10.1. The van der Waals surface area contributed by atoms with Gasteiger partial charge in [0.1, 0.15) is 5.82 Å². The molecule has 1 fully saturated rings. The van der Waals surface area contributed by atoms with E-state index in [4.69, 9.17) is 0 Å². The molecular weight excluding hydrogens is 243 g/mol. The van der Waals surface area contributed by atoms with Gasteiger partial charge in [0.25, 0.3) is 0 Å². The number of halogens is 3. The molecule has 1 N–H and O–H groups in total. The Hall–Kier alpha value is -1.30. The molecule has 0 amide bonds. The summed E-state index contributed by atoms with van der Waals surface area (Å²) in [5.41, 5.74) is -0.706. The van der Waals surface area contributed by atoms with Crippen molar-refractivity contribution < 1.29 is 13.2 Å². The topological polar surface area (TPSA) is 28.2 Å². The summed E-state index contributed by atoms with van der Waals surface area (Å²) in [6.07, 6.45) is -3.43. The van der Waals surface area contributed by atoms with Crippen molar-refractivity contribution in [2.75, 3.05) is 18.0 Å². The zero-order valence-electron chi connectivity index (χ0n) is 10.3. The molecule has 2 heterocycles. The molecule has 0 radical (unpaired) electrons. The fourth-order valence-corrected chi connectivity index (χ4v) is 2.25. The second kappa shape index (κ2) is 4.76. The van der Waals surface area contributed by atoms with E-state index in [1.54, 1.807) is 0 Å². The maximum atomic E-state index is 12.4. The van der Waals surface area contributed by atoms with Gasteiger partial charge in [0, 0.05) is 31.4 Å². The molecule has 2 unspecified atom stereocenters. The largest absolute Gasteiger partial charge is 0.417 e. The lowest BCUT2D eigenvalue weighted by Gasteiger charge is -2.36. The van der Waals surface area contributed by atoms with Gasteiger partial charge in [-0.3, -0.25) is 0 Å². The van der Waals surface area contributed by atoms with Crippen molar-refractivity contribution in [3.8, 4) is 0 Å². The van der Waals surface area contributed by atoms with Crippen molar-refractivity contribution in [2.24, 2.45) is 0 Å². The van der Waals surface area contributed by atoms with Crippen molar-refractivity contribution in [1.82, 2.24) is 10.3 Å². The summed E-state index contributed by atoms with van der Waals surface area (Å²) in [5, 5.41) is 3.37. The van der Waals surface area contributed by atoms with Gasteiger partial charge in [0.2, 0.25) is 0 Å². The Balaban J connectivity index is 2.14. The van der Waals surface area contributed by atoms with E-state index in [9.17, 15) is 13.2 Å². The molecule has 0 bridgehead atoms. The molecule has 1 aromatic rings. The Kier molecular flexibility index (Phi) is 3.47. The molecule has 100 valence electrons. The summed E-state index contributed by atoms with van der Waals surface area (Å²) in [7, 11) is 0. The van der Waals surface area contributed by atoms with Gasteiger partial charge >= 0.3 is 6.18 Å². The zero-order valence-corrected chi connectivity index (χ0v) is 10.3. The lowest BCUT2D eigenvalue weighted by molar-refractivity contribution is -0.137. The summed E-state index contributed by atoms with van der Waals surface area (Å²) < 4.78 is 37.3. The van der Waals surface area contributed by atoms with Crippen LogP contribution in [0.3, 0.4) is 0 Å². The third-order valence-corrected chi connectivity index (χ3v) is 2.96. The normalized spacial score (nSPS) is 25.3. The second-order valence-electron chi connectivity index (χ2n) is 4.78. The van der Waals surface area contributed by atoms with Crippen LogP contribution in [0, 0.1) is 0 Å². The van der Waals surface area contributed by atoms with Crippen molar-refractivity contribution in [3.63, 3.8) is 0 Å². The summed E-state index contributed by atoms with van der Waals surface area (Å²) in [4.78, 5) is 5.92. The van der Waals surface area contributed by atoms with Crippen LogP contribution in [0.5, 0.6) is 0 Å². The summed E-state index contributed by atoms with van der Waals surface area (Å²) in [6, 6.07) is 3.13. The van der Waals surface area contributed by atoms with Gasteiger partial charge in [-0.25, -0.2) is 4.98 Å². The van der Waals surface area contributed by atoms with E-state index < -0.39 is 11.7 Å². The minimum absolute atomic E-state index is 0.304. The molecular formula is C12H16F3N3. The van der Waals surface area contributed by atoms with E-state index in [0.29, 0.717) is 17.9 Å². The quantitative estimate of drug-likeness (QED) is 0.838. The second-order valence-corrected chi connectivity index (χ2v) is 4.78. The van der Waals surface area contributed by atoms with Crippen LogP contribution in [0.1, 0.15) is 19.4 Å². The Morgan fingerprint density at radius 1 is 1.22 bits per heavy atom. The van der Waals surface area contributed by atoms with Gasteiger partial charge in [0.05, 0.1) is 5.56 Å². The highest BCUT2D eigenvalue weighted by Gasteiger charge is 2.31. The number of nitrogens with zero attached hydrogens (tertiary/aromatic N) is 2.